The first kappa shape index (κ1) is 17.2. The minimum atomic E-state index is -1.95. The molecule has 0 aliphatic rings. The van der Waals surface area contributed by atoms with Crippen LogP contribution < -0.4 is 0 Å². The lowest BCUT2D eigenvalue weighted by molar-refractivity contribution is -0.189. The van der Waals surface area contributed by atoms with E-state index in [1.54, 1.807) is 0 Å². The molecule has 0 saturated carbocycles. The molecule has 0 radical (unpaired) electrons. The molecule has 1 aromatic rings. The maximum absolute atomic E-state index is 12.0. The number of hydrogen-bond acceptors (Lipinski definition) is 4. The van der Waals surface area contributed by atoms with Gasteiger partial charge in [0.15, 0.2) is 0 Å². The molecule has 0 heterocycles. The summed E-state index contributed by atoms with van der Waals surface area (Å²) in [4.78, 5) is 23.6. The third-order valence-electron chi connectivity index (χ3n) is 3.26. The maximum atomic E-state index is 12.0. The summed E-state index contributed by atoms with van der Waals surface area (Å²) in [6.07, 6.45) is 0.635. The number of carboxylic acids is 1. The summed E-state index contributed by atoms with van der Waals surface area (Å²) < 4.78 is 10.2. The highest BCUT2D eigenvalue weighted by atomic mass is 16.6. The monoisotopic (exact) mass is 294 g/mol. The predicted molar refractivity (Wildman–Crippen MR) is 77.7 cm³/mol. The highest BCUT2D eigenvalue weighted by molar-refractivity contribution is 6.02. The first-order valence-electron chi connectivity index (χ1n) is 6.92. The largest absolute Gasteiger partial charge is 0.479 e. The Bertz CT molecular complexity index is 469. The lowest BCUT2D eigenvalue weighted by Crippen LogP contribution is -2.50. The van der Waals surface area contributed by atoms with E-state index in [1.165, 1.54) is 7.11 Å². The minimum absolute atomic E-state index is 0.0420. The Morgan fingerprint density at radius 1 is 1.24 bits per heavy atom. The van der Waals surface area contributed by atoms with Crippen molar-refractivity contribution in [2.75, 3.05) is 7.11 Å². The Kier molecular flexibility index (Phi) is 6.37. The van der Waals surface area contributed by atoms with E-state index in [-0.39, 0.29) is 18.9 Å². The van der Waals surface area contributed by atoms with Crippen molar-refractivity contribution in [3.8, 4) is 0 Å². The first-order chi connectivity index (χ1) is 9.92. The SMILES string of the molecule is COC(=O)[C@@](CCC(C)C)(OCc1ccccc1)C(=O)O. The van der Waals surface area contributed by atoms with Crippen molar-refractivity contribution >= 4 is 11.9 Å². The minimum Gasteiger partial charge on any atom is -0.479 e. The van der Waals surface area contributed by atoms with E-state index in [9.17, 15) is 14.7 Å². The highest BCUT2D eigenvalue weighted by Crippen LogP contribution is 2.25. The van der Waals surface area contributed by atoms with Gasteiger partial charge in [-0.15, -0.1) is 0 Å². The van der Waals surface area contributed by atoms with Crippen LogP contribution in [0.5, 0.6) is 0 Å². The smallest absolute Gasteiger partial charge is 0.350 e. The van der Waals surface area contributed by atoms with Crippen molar-refractivity contribution in [3.05, 3.63) is 35.9 Å². The second-order valence-corrected chi connectivity index (χ2v) is 5.33. The van der Waals surface area contributed by atoms with Crippen LogP contribution in [-0.2, 0) is 25.7 Å². The number of benzene rings is 1. The maximum Gasteiger partial charge on any atom is 0.350 e. The molecule has 116 valence electrons. The molecule has 1 rings (SSSR count). The summed E-state index contributed by atoms with van der Waals surface area (Å²) in [5, 5.41) is 9.49. The summed E-state index contributed by atoms with van der Waals surface area (Å²) >= 11 is 0. The lowest BCUT2D eigenvalue weighted by atomic mass is 9.93. The molecule has 0 aliphatic carbocycles. The number of methoxy groups -OCH3 is 1. The van der Waals surface area contributed by atoms with E-state index in [0.717, 1.165) is 5.56 Å². The number of carboxylic acid groups (broad SMARTS) is 1. The summed E-state index contributed by atoms with van der Waals surface area (Å²) in [6, 6.07) is 9.13. The zero-order valence-corrected chi connectivity index (χ0v) is 12.7. The number of hydrogen-bond donors (Lipinski definition) is 1. The van der Waals surface area contributed by atoms with Gasteiger partial charge in [-0.3, -0.25) is 0 Å². The van der Waals surface area contributed by atoms with E-state index in [2.05, 4.69) is 4.74 Å². The standard InChI is InChI=1S/C16H22O5/c1-12(2)9-10-16(14(17)18,15(19)20-3)21-11-13-7-5-4-6-8-13/h4-8,12H,9-11H2,1-3H3,(H,17,18)/t16-/m0/s1. The van der Waals surface area contributed by atoms with Gasteiger partial charge in [0.25, 0.3) is 5.60 Å². The fourth-order valence-corrected chi connectivity index (χ4v) is 1.93. The second kappa shape index (κ2) is 7.78. The average Bonchev–Trinajstić information content (AvgIpc) is 2.47. The van der Waals surface area contributed by atoms with Crippen LogP contribution >= 0.6 is 0 Å². The molecule has 0 aliphatic heterocycles. The van der Waals surface area contributed by atoms with Gasteiger partial charge in [0.2, 0.25) is 0 Å². The van der Waals surface area contributed by atoms with Gasteiger partial charge < -0.3 is 14.6 Å². The molecule has 1 atom stereocenters. The van der Waals surface area contributed by atoms with E-state index < -0.39 is 17.5 Å². The van der Waals surface area contributed by atoms with Crippen LogP contribution in [0.4, 0.5) is 0 Å². The predicted octanol–water partition coefficient (Wildman–Crippen LogP) is 2.64. The summed E-state index contributed by atoms with van der Waals surface area (Å²) in [6.45, 7) is 3.96. The quantitative estimate of drug-likeness (QED) is 0.589. The van der Waals surface area contributed by atoms with Gasteiger partial charge in [-0.05, 0) is 24.3 Å². The van der Waals surface area contributed by atoms with Crippen LogP contribution in [0.1, 0.15) is 32.3 Å². The number of esters is 1. The van der Waals surface area contributed by atoms with Gasteiger partial charge in [-0.25, -0.2) is 9.59 Å². The molecular weight excluding hydrogens is 272 g/mol. The molecule has 5 nitrogen and oxygen atoms in total. The van der Waals surface area contributed by atoms with E-state index in [1.807, 2.05) is 44.2 Å². The molecule has 0 amide bonds. The summed E-state index contributed by atoms with van der Waals surface area (Å²) in [5.74, 6) is -1.92. The molecule has 0 unspecified atom stereocenters. The Labute approximate surface area is 124 Å². The Morgan fingerprint density at radius 3 is 2.33 bits per heavy atom. The van der Waals surface area contributed by atoms with Crippen LogP contribution in [0.25, 0.3) is 0 Å². The van der Waals surface area contributed by atoms with Gasteiger partial charge in [0, 0.05) is 0 Å². The van der Waals surface area contributed by atoms with Gasteiger partial charge in [-0.2, -0.15) is 0 Å². The second-order valence-electron chi connectivity index (χ2n) is 5.33. The molecular formula is C16H22O5. The fourth-order valence-electron chi connectivity index (χ4n) is 1.93. The molecule has 0 fully saturated rings. The average molecular weight is 294 g/mol. The fraction of sp³-hybridized carbons (Fsp3) is 0.500. The van der Waals surface area contributed by atoms with Crippen LogP contribution in [-0.4, -0.2) is 29.8 Å². The zero-order chi connectivity index (χ0) is 15.9. The summed E-state index contributed by atoms with van der Waals surface area (Å²) in [7, 11) is 1.17. The van der Waals surface area contributed by atoms with Crippen molar-refractivity contribution in [3.63, 3.8) is 0 Å². The van der Waals surface area contributed by atoms with Crippen LogP contribution in [0.15, 0.2) is 30.3 Å². The topological polar surface area (TPSA) is 72.8 Å². The van der Waals surface area contributed by atoms with Gasteiger partial charge >= 0.3 is 11.9 Å². The number of ether oxygens (including phenoxy) is 2. The van der Waals surface area contributed by atoms with E-state index >= 15 is 0 Å². The Hall–Kier alpha value is -1.88. The van der Waals surface area contributed by atoms with Crippen LogP contribution in [0.2, 0.25) is 0 Å². The molecule has 0 spiro atoms. The third kappa shape index (κ3) is 4.56. The number of aliphatic carboxylic acids is 1. The van der Waals surface area contributed by atoms with Crippen molar-refractivity contribution < 1.29 is 24.2 Å². The van der Waals surface area contributed by atoms with Gasteiger partial charge in [0.05, 0.1) is 13.7 Å². The van der Waals surface area contributed by atoms with Gasteiger partial charge in [0.1, 0.15) is 0 Å². The molecule has 0 bridgehead atoms. The molecule has 5 heteroatoms. The van der Waals surface area contributed by atoms with Crippen molar-refractivity contribution in [1.29, 1.82) is 0 Å². The third-order valence-corrected chi connectivity index (χ3v) is 3.26. The molecule has 21 heavy (non-hydrogen) atoms. The number of carbonyl (C=O) groups is 2. The molecule has 0 aromatic heterocycles. The van der Waals surface area contributed by atoms with Crippen LogP contribution in [0.3, 0.4) is 0 Å². The Balaban J connectivity index is 2.93. The molecule has 0 saturated heterocycles. The Morgan fingerprint density at radius 2 is 1.86 bits per heavy atom. The van der Waals surface area contributed by atoms with Gasteiger partial charge in [-0.1, -0.05) is 44.2 Å². The van der Waals surface area contributed by atoms with E-state index in [4.69, 9.17) is 4.74 Å². The number of carbonyl (C=O) groups excluding carboxylic acids is 1. The van der Waals surface area contributed by atoms with Crippen LogP contribution in [0, 0.1) is 5.92 Å². The number of rotatable bonds is 8. The molecule has 1 aromatic carbocycles. The van der Waals surface area contributed by atoms with E-state index in [0.29, 0.717) is 6.42 Å². The normalized spacial score (nSPS) is 13.7. The van der Waals surface area contributed by atoms with Crippen molar-refractivity contribution in [2.45, 2.75) is 38.9 Å². The zero-order valence-electron chi connectivity index (χ0n) is 12.7. The lowest BCUT2D eigenvalue weighted by Gasteiger charge is -2.27. The first-order valence-corrected chi connectivity index (χ1v) is 6.92. The summed E-state index contributed by atoms with van der Waals surface area (Å²) in [5.41, 5.74) is -1.15. The van der Waals surface area contributed by atoms with Crippen molar-refractivity contribution in [1.82, 2.24) is 0 Å². The highest BCUT2D eigenvalue weighted by Gasteiger charge is 2.48. The molecule has 1 N–H and O–H groups in total. The van der Waals surface area contributed by atoms with Crippen molar-refractivity contribution in [2.24, 2.45) is 5.92 Å².